The highest BCUT2D eigenvalue weighted by atomic mass is 19.4. The topological polar surface area (TPSA) is 97.8 Å². The third-order valence-electron chi connectivity index (χ3n) is 4.76. The van der Waals surface area contributed by atoms with E-state index in [0.717, 1.165) is 5.56 Å². The number of nitrogens with one attached hydrogen (secondary N) is 1. The summed E-state index contributed by atoms with van der Waals surface area (Å²) >= 11 is 0. The molecule has 1 aliphatic carbocycles. The summed E-state index contributed by atoms with van der Waals surface area (Å²) in [5.74, 6) is -0.889. The quantitative estimate of drug-likeness (QED) is 0.622. The summed E-state index contributed by atoms with van der Waals surface area (Å²) in [7, 11) is 0. The van der Waals surface area contributed by atoms with E-state index in [9.17, 15) is 22.8 Å². The molecule has 3 atom stereocenters. The van der Waals surface area contributed by atoms with Gasteiger partial charge in [-0.1, -0.05) is 12.1 Å². The predicted molar refractivity (Wildman–Crippen MR) is 103 cm³/mol. The van der Waals surface area contributed by atoms with Gasteiger partial charge in [0.05, 0.1) is 17.9 Å². The Balaban J connectivity index is 1.49. The first-order valence-corrected chi connectivity index (χ1v) is 9.53. The number of carboxylic acid groups (broad SMARTS) is 1. The van der Waals surface area contributed by atoms with Gasteiger partial charge in [0, 0.05) is 5.92 Å². The fourth-order valence-corrected chi connectivity index (χ4v) is 3.10. The number of hydrogen-bond donors (Lipinski definition) is 2. The Kier molecular flexibility index (Phi) is 6.67. The SMILES string of the molecule is CC(NC(=O)[C@H]1C[C@@H]1c1ccc(OCC(=O)O)cc1)c1ccc(OCC(F)(F)F)cn1. The van der Waals surface area contributed by atoms with Crippen LogP contribution >= 0.6 is 0 Å². The minimum Gasteiger partial charge on any atom is -0.483 e. The number of amides is 1. The molecule has 2 aromatic rings. The smallest absolute Gasteiger partial charge is 0.422 e. The van der Waals surface area contributed by atoms with Crippen molar-refractivity contribution >= 4 is 11.9 Å². The van der Waals surface area contributed by atoms with Crippen LogP contribution in [0, 0.1) is 5.92 Å². The summed E-state index contributed by atoms with van der Waals surface area (Å²) in [6.45, 7) is -0.0757. The Hall–Kier alpha value is -3.30. The van der Waals surface area contributed by atoms with Crippen LogP contribution in [0.4, 0.5) is 13.2 Å². The third kappa shape index (κ3) is 6.59. The molecule has 1 amide bonds. The van der Waals surface area contributed by atoms with Crippen molar-refractivity contribution < 1.29 is 37.3 Å². The lowest BCUT2D eigenvalue weighted by Gasteiger charge is -2.14. The largest absolute Gasteiger partial charge is 0.483 e. The lowest BCUT2D eigenvalue weighted by molar-refractivity contribution is -0.153. The fourth-order valence-electron chi connectivity index (χ4n) is 3.10. The Morgan fingerprint density at radius 1 is 1.16 bits per heavy atom. The number of carbonyl (C=O) groups is 2. The Morgan fingerprint density at radius 2 is 1.84 bits per heavy atom. The van der Waals surface area contributed by atoms with Crippen LogP contribution in [-0.4, -0.2) is 41.4 Å². The average Bonchev–Trinajstić information content (AvgIpc) is 3.52. The van der Waals surface area contributed by atoms with Gasteiger partial charge in [-0.05, 0) is 49.1 Å². The maximum atomic E-state index is 12.5. The van der Waals surface area contributed by atoms with Crippen molar-refractivity contribution in [2.45, 2.75) is 31.5 Å². The van der Waals surface area contributed by atoms with Gasteiger partial charge < -0.3 is 19.9 Å². The molecule has 1 fully saturated rings. The number of alkyl halides is 3. The van der Waals surface area contributed by atoms with Crippen LogP contribution in [0.3, 0.4) is 0 Å². The first-order valence-electron chi connectivity index (χ1n) is 9.53. The molecule has 7 nitrogen and oxygen atoms in total. The van der Waals surface area contributed by atoms with Gasteiger partial charge in [0.15, 0.2) is 13.2 Å². The van der Waals surface area contributed by atoms with Gasteiger partial charge in [-0.25, -0.2) is 4.79 Å². The Bertz CT molecular complexity index is 916. The summed E-state index contributed by atoms with van der Waals surface area (Å²) in [6.07, 6.45) is -2.55. The van der Waals surface area contributed by atoms with Crippen molar-refractivity contribution in [1.82, 2.24) is 10.3 Å². The van der Waals surface area contributed by atoms with Gasteiger partial charge in [0.25, 0.3) is 0 Å². The number of aliphatic carboxylic acids is 1. The average molecular weight is 438 g/mol. The monoisotopic (exact) mass is 438 g/mol. The van der Waals surface area contributed by atoms with Crippen LogP contribution in [0.15, 0.2) is 42.6 Å². The predicted octanol–water partition coefficient (Wildman–Crippen LogP) is 3.47. The molecule has 166 valence electrons. The first kappa shape index (κ1) is 22.4. The number of rotatable bonds is 9. The molecule has 0 saturated heterocycles. The lowest BCUT2D eigenvalue weighted by atomic mass is 10.1. The second kappa shape index (κ2) is 9.23. The van der Waals surface area contributed by atoms with Crippen molar-refractivity contribution in [3.63, 3.8) is 0 Å². The Morgan fingerprint density at radius 3 is 2.42 bits per heavy atom. The zero-order valence-corrected chi connectivity index (χ0v) is 16.6. The van der Waals surface area contributed by atoms with Crippen LogP contribution in [0.5, 0.6) is 11.5 Å². The zero-order valence-electron chi connectivity index (χ0n) is 16.6. The number of aromatic nitrogens is 1. The molecule has 1 aliphatic rings. The molecule has 2 N–H and O–H groups in total. The molecule has 1 unspecified atom stereocenters. The van der Waals surface area contributed by atoms with Gasteiger partial charge in [-0.3, -0.25) is 9.78 Å². The van der Waals surface area contributed by atoms with Crippen LogP contribution in [0.25, 0.3) is 0 Å². The van der Waals surface area contributed by atoms with E-state index in [2.05, 4.69) is 15.0 Å². The summed E-state index contributed by atoms with van der Waals surface area (Å²) in [6, 6.07) is 9.42. The minimum absolute atomic E-state index is 0.00219. The second-order valence-corrected chi connectivity index (χ2v) is 7.25. The van der Waals surface area contributed by atoms with Crippen LogP contribution in [0.1, 0.15) is 36.6 Å². The highest BCUT2D eigenvalue weighted by Crippen LogP contribution is 2.48. The normalized spacial score (nSPS) is 18.7. The number of halogens is 3. The van der Waals surface area contributed by atoms with Gasteiger partial charge in [-0.15, -0.1) is 0 Å². The van der Waals surface area contributed by atoms with Crippen LogP contribution < -0.4 is 14.8 Å². The number of nitrogens with zero attached hydrogens (tertiary/aromatic N) is 1. The molecule has 3 rings (SSSR count). The Labute approximate surface area is 176 Å². The second-order valence-electron chi connectivity index (χ2n) is 7.25. The molecule has 1 aromatic heterocycles. The van der Waals surface area contributed by atoms with Crippen LogP contribution in [-0.2, 0) is 9.59 Å². The number of hydrogen-bond acceptors (Lipinski definition) is 5. The summed E-state index contributed by atoms with van der Waals surface area (Å²) < 4.78 is 46.3. The number of carboxylic acids is 1. The van der Waals surface area contributed by atoms with Crippen molar-refractivity contribution in [3.05, 3.63) is 53.9 Å². The maximum Gasteiger partial charge on any atom is 0.422 e. The first-order chi connectivity index (χ1) is 14.6. The van der Waals surface area contributed by atoms with Gasteiger partial charge in [0.2, 0.25) is 5.91 Å². The third-order valence-corrected chi connectivity index (χ3v) is 4.76. The van der Waals surface area contributed by atoms with E-state index in [-0.39, 0.29) is 23.5 Å². The summed E-state index contributed by atoms with van der Waals surface area (Å²) in [4.78, 5) is 27.1. The van der Waals surface area contributed by atoms with Crippen molar-refractivity contribution in [3.8, 4) is 11.5 Å². The molecule has 0 bridgehead atoms. The standard InChI is InChI=1S/C21H21F3N2O5/c1-12(18-7-6-15(9-25-18)31-11-21(22,23)24)26-20(29)17-8-16(17)13-2-4-14(5-3-13)30-10-19(27)28/h2-7,9,12,16-17H,8,10-11H2,1H3,(H,26,29)(H,27,28)/t12?,16-,17+/m1/s1. The van der Waals surface area contributed by atoms with E-state index in [1.165, 1.54) is 18.3 Å². The molecule has 31 heavy (non-hydrogen) atoms. The van der Waals surface area contributed by atoms with Crippen LogP contribution in [0.2, 0.25) is 0 Å². The fraction of sp³-hybridized carbons (Fsp3) is 0.381. The number of ether oxygens (including phenoxy) is 2. The molecule has 0 spiro atoms. The van der Waals surface area contributed by atoms with E-state index >= 15 is 0 Å². The van der Waals surface area contributed by atoms with Gasteiger partial charge in [0.1, 0.15) is 11.5 Å². The molecule has 1 aromatic carbocycles. The van der Waals surface area contributed by atoms with E-state index in [1.54, 1.807) is 31.2 Å². The number of carbonyl (C=O) groups excluding carboxylic acids is 1. The van der Waals surface area contributed by atoms with E-state index < -0.39 is 31.4 Å². The van der Waals surface area contributed by atoms with E-state index in [0.29, 0.717) is 17.9 Å². The number of pyridine rings is 1. The van der Waals surface area contributed by atoms with Crippen molar-refractivity contribution in [2.24, 2.45) is 5.92 Å². The summed E-state index contributed by atoms with van der Waals surface area (Å²) in [5.41, 5.74) is 1.46. The molecule has 0 radical (unpaired) electrons. The number of benzene rings is 1. The van der Waals surface area contributed by atoms with Crippen molar-refractivity contribution in [1.29, 1.82) is 0 Å². The highest BCUT2D eigenvalue weighted by molar-refractivity contribution is 5.83. The lowest BCUT2D eigenvalue weighted by Crippen LogP contribution is -2.29. The molecule has 10 heteroatoms. The van der Waals surface area contributed by atoms with Gasteiger partial charge >= 0.3 is 12.1 Å². The molecular weight excluding hydrogens is 417 g/mol. The molecule has 0 aliphatic heterocycles. The maximum absolute atomic E-state index is 12.5. The molecule has 1 heterocycles. The highest BCUT2D eigenvalue weighted by Gasteiger charge is 2.44. The van der Waals surface area contributed by atoms with E-state index in [4.69, 9.17) is 9.84 Å². The molecular formula is C21H21F3N2O5. The van der Waals surface area contributed by atoms with Gasteiger partial charge in [-0.2, -0.15) is 13.2 Å². The minimum atomic E-state index is -4.42. The zero-order chi connectivity index (χ0) is 22.6. The summed E-state index contributed by atoms with van der Waals surface area (Å²) in [5, 5.41) is 11.5. The van der Waals surface area contributed by atoms with E-state index in [1.807, 2.05) is 0 Å². The molecule has 1 saturated carbocycles. The van der Waals surface area contributed by atoms with Crippen molar-refractivity contribution in [2.75, 3.05) is 13.2 Å².